The van der Waals surface area contributed by atoms with Gasteiger partial charge < -0.3 is 15.2 Å². The van der Waals surface area contributed by atoms with Crippen molar-refractivity contribution >= 4 is 27.8 Å². The molecular formula is C11H12BrNO4. The lowest BCUT2D eigenvalue weighted by Crippen LogP contribution is -2.27. The molecule has 2 N–H and O–H groups in total. The number of halogens is 1. The number of carbonyl (C=O) groups excluding carboxylic acids is 1. The third-order valence-corrected chi connectivity index (χ3v) is 2.39. The zero-order valence-electron chi connectivity index (χ0n) is 8.98. The summed E-state index contributed by atoms with van der Waals surface area (Å²) in [5.41, 5.74) is 0.548. The van der Waals surface area contributed by atoms with Gasteiger partial charge in [0.1, 0.15) is 6.61 Å². The molecule has 0 aromatic heterocycles. The molecule has 0 aliphatic carbocycles. The van der Waals surface area contributed by atoms with Gasteiger partial charge in [-0.2, -0.15) is 0 Å². The van der Waals surface area contributed by atoms with Gasteiger partial charge in [-0.3, -0.25) is 4.79 Å². The third kappa shape index (κ3) is 5.46. The van der Waals surface area contributed by atoms with Crippen molar-refractivity contribution in [3.63, 3.8) is 0 Å². The summed E-state index contributed by atoms with van der Waals surface area (Å²) < 4.78 is 5.68. The molecule has 0 unspecified atom stereocenters. The van der Waals surface area contributed by atoms with Gasteiger partial charge in [0.05, 0.1) is 6.61 Å². The topological polar surface area (TPSA) is 75.6 Å². The normalized spacial score (nSPS) is 9.94. The van der Waals surface area contributed by atoms with Crippen LogP contribution in [-0.4, -0.2) is 36.7 Å². The molecule has 0 atom stereocenters. The first-order chi connectivity index (χ1) is 8.09. The molecule has 0 spiro atoms. The first kappa shape index (κ1) is 13.7. The highest BCUT2D eigenvalue weighted by atomic mass is 79.9. The van der Waals surface area contributed by atoms with Gasteiger partial charge in [-0.1, -0.05) is 15.9 Å². The summed E-state index contributed by atoms with van der Waals surface area (Å²) in [5.74, 6) is -1.24. The van der Waals surface area contributed by atoms with E-state index >= 15 is 0 Å². The molecule has 0 saturated heterocycles. The summed E-state index contributed by atoms with van der Waals surface area (Å²) in [4.78, 5) is 21.7. The largest absolute Gasteiger partial charge is 0.480 e. The van der Waals surface area contributed by atoms with E-state index < -0.39 is 5.97 Å². The van der Waals surface area contributed by atoms with E-state index in [9.17, 15) is 9.59 Å². The number of nitrogens with one attached hydrogen (secondary N) is 1. The summed E-state index contributed by atoms with van der Waals surface area (Å²) in [7, 11) is 0. The van der Waals surface area contributed by atoms with Crippen LogP contribution in [0.4, 0.5) is 0 Å². The second-order valence-electron chi connectivity index (χ2n) is 3.21. The minimum Gasteiger partial charge on any atom is -0.480 e. The summed E-state index contributed by atoms with van der Waals surface area (Å²) in [5, 5.41) is 10.9. The smallest absolute Gasteiger partial charge is 0.329 e. The monoisotopic (exact) mass is 301 g/mol. The summed E-state index contributed by atoms with van der Waals surface area (Å²) in [6.45, 7) is 0.102. The van der Waals surface area contributed by atoms with Crippen molar-refractivity contribution in [2.24, 2.45) is 0 Å². The van der Waals surface area contributed by atoms with E-state index in [0.717, 1.165) is 4.47 Å². The molecule has 0 bridgehead atoms. The molecule has 0 radical (unpaired) electrons. The maximum atomic E-state index is 11.6. The van der Waals surface area contributed by atoms with Crippen LogP contribution in [0.1, 0.15) is 10.4 Å². The number of benzene rings is 1. The molecule has 0 saturated carbocycles. The van der Waals surface area contributed by atoms with Crippen molar-refractivity contribution in [2.75, 3.05) is 19.8 Å². The molecule has 17 heavy (non-hydrogen) atoms. The molecular weight excluding hydrogens is 290 g/mol. The fourth-order valence-corrected chi connectivity index (χ4v) is 1.36. The lowest BCUT2D eigenvalue weighted by atomic mass is 10.2. The summed E-state index contributed by atoms with van der Waals surface area (Å²) >= 11 is 3.27. The van der Waals surface area contributed by atoms with Crippen molar-refractivity contribution in [1.82, 2.24) is 5.32 Å². The van der Waals surface area contributed by atoms with Gasteiger partial charge in [-0.15, -0.1) is 0 Å². The maximum absolute atomic E-state index is 11.6. The van der Waals surface area contributed by atoms with E-state index in [-0.39, 0.29) is 25.7 Å². The van der Waals surface area contributed by atoms with Gasteiger partial charge >= 0.3 is 5.97 Å². The molecule has 0 heterocycles. The van der Waals surface area contributed by atoms with E-state index in [1.54, 1.807) is 24.3 Å². The molecule has 1 amide bonds. The van der Waals surface area contributed by atoms with Crippen LogP contribution in [0.25, 0.3) is 0 Å². The number of hydrogen-bond acceptors (Lipinski definition) is 3. The number of carbonyl (C=O) groups is 2. The second kappa shape index (κ2) is 7.03. The van der Waals surface area contributed by atoms with Gasteiger partial charge in [0.2, 0.25) is 0 Å². The van der Waals surface area contributed by atoms with Crippen LogP contribution in [0.2, 0.25) is 0 Å². The number of ether oxygens (including phenoxy) is 1. The molecule has 1 aromatic rings. The number of rotatable bonds is 6. The Kier molecular flexibility index (Phi) is 5.65. The number of hydrogen-bond donors (Lipinski definition) is 2. The van der Waals surface area contributed by atoms with E-state index in [0.29, 0.717) is 5.56 Å². The second-order valence-corrected chi connectivity index (χ2v) is 4.12. The fraction of sp³-hybridized carbons (Fsp3) is 0.273. The zero-order chi connectivity index (χ0) is 12.7. The van der Waals surface area contributed by atoms with Gasteiger partial charge in [-0.25, -0.2) is 4.79 Å². The lowest BCUT2D eigenvalue weighted by molar-refractivity contribution is -0.142. The molecule has 6 heteroatoms. The number of aliphatic carboxylic acids is 1. The van der Waals surface area contributed by atoms with Crippen molar-refractivity contribution in [3.8, 4) is 0 Å². The molecule has 0 aliphatic rings. The van der Waals surface area contributed by atoms with Crippen LogP contribution in [0.3, 0.4) is 0 Å². The maximum Gasteiger partial charge on any atom is 0.329 e. The van der Waals surface area contributed by atoms with Crippen LogP contribution < -0.4 is 5.32 Å². The molecule has 1 rings (SSSR count). The Balaban J connectivity index is 2.25. The Hall–Kier alpha value is -1.40. The average Bonchev–Trinajstić information content (AvgIpc) is 2.29. The minimum absolute atomic E-state index is 0.175. The number of carboxylic acids is 1. The minimum atomic E-state index is -1.02. The first-order valence-corrected chi connectivity index (χ1v) is 5.72. The van der Waals surface area contributed by atoms with Crippen molar-refractivity contribution < 1.29 is 19.4 Å². The summed E-state index contributed by atoms with van der Waals surface area (Å²) in [6.07, 6.45) is 0. The van der Waals surface area contributed by atoms with E-state index in [4.69, 9.17) is 9.84 Å². The van der Waals surface area contributed by atoms with Crippen LogP contribution >= 0.6 is 15.9 Å². The highest BCUT2D eigenvalue weighted by molar-refractivity contribution is 9.10. The molecule has 5 nitrogen and oxygen atoms in total. The SMILES string of the molecule is O=C(O)COCCNC(=O)c1ccc(Br)cc1. The van der Waals surface area contributed by atoms with Crippen LogP contribution in [0, 0.1) is 0 Å². The van der Waals surface area contributed by atoms with Crippen LogP contribution in [-0.2, 0) is 9.53 Å². The highest BCUT2D eigenvalue weighted by Crippen LogP contribution is 2.10. The Bertz CT molecular complexity index is 391. The van der Waals surface area contributed by atoms with Crippen molar-refractivity contribution in [3.05, 3.63) is 34.3 Å². The number of amides is 1. The van der Waals surface area contributed by atoms with Gasteiger partial charge in [0.25, 0.3) is 5.91 Å². The molecule has 92 valence electrons. The Labute approximate surface area is 107 Å². The van der Waals surface area contributed by atoms with Gasteiger partial charge in [0.15, 0.2) is 0 Å². The molecule has 0 fully saturated rings. The first-order valence-electron chi connectivity index (χ1n) is 4.93. The van der Waals surface area contributed by atoms with E-state index in [1.165, 1.54) is 0 Å². The standard InChI is InChI=1S/C11H12BrNO4/c12-9-3-1-8(2-4-9)11(16)13-5-6-17-7-10(14)15/h1-4H,5-7H2,(H,13,16)(H,14,15). The average molecular weight is 302 g/mol. The Morgan fingerprint density at radius 1 is 1.29 bits per heavy atom. The quantitative estimate of drug-likeness (QED) is 0.776. The zero-order valence-corrected chi connectivity index (χ0v) is 10.6. The molecule has 0 aliphatic heterocycles. The van der Waals surface area contributed by atoms with Crippen molar-refractivity contribution in [2.45, 2.75) is 0 Å². The molecule has 1 aromatic carbocycles. The van der Waals surface area contributed by atoms with E-state index in [2.05, 4.69) is 21.2 Å². The third-order valence-electron chi connectivity index (χ3n) is 1.86. The predicted molar refractivity (Wildman–Crippen MR) is 64.9 cm³/mol. The summed E-state index contributed by atoms with van der Waals surface area (Å²) in [6, 6.07) is 6.93. The van der Waals surface area contributed by atoms with Crippen LogP contribution in [0.15, 0.2) is 28.7 Å². The van der Waals surface area contributed by atoms with Gasteiger partial charge in [0, 0.05) is 16.6 Å². The van der Waals surface area contributed by atoms with Crippen molar-refractivity contribution in [1.29, 1.82) is 0 Å². The fourth-order valence-electron chi connectivity index (χ4n) is 1.10. The Morgan fingerprint density at radius 3 is 2.53 bits per heavy atom. The van der Waals surface area contributed by atoms with E-state index in [1.807, 2.05) is 0 Å². The predicted octanol–water partition coefficient (Wildman–Crippen LogP) is 1.28. The van der Waals surface area contributed by atoms with Gasteiger partial charge in [-0.05, 0) is 24.3 Å². The number of carboxylic acid groups (broad SMARTS) is 1. The Morgan fingerprint density at radius 2 is 1.94 bits per heavy atom. The lowest BCUT2D eigenvalue weighted by Gasteiger charge is -2.05. The highest BCUT2D eigenvalue weighted by Gasteiger charge is 2.04. The van der Waals surface area contributed by atoms with Crippen LogP contribution in [0.5, 0.6) is 0 Å².